The molecule has 0 saturated carbocycles. The fourth-order valence-corrected chi connectivity index (χ4v) is 3.03. The van der Waals surface area contributed by atoms with Crippen molar-refractivity contribution >= 4 is 5.82 Å². The van der Waals surface area contributed by atoms with Crippen LogP contribution in [0.15, 0.2) is 18.3 Å². The van der Waals surface area contributed by atoms with Gasteiger partial charge in [-0.15, -0.1) is 0 Å². The van der Waals surface area contributed by atoms with Crippen molar-refractivity contribution in [3.05, 3.63) is 23.9 Å². The first kappa shape index (κ1) is 16.2. The molecule has 0 aliphatic carbocycles. The molecule has 5 heteroatoms. The summed E-state index contributed by atoms with van der Waals surface area (Å²) in [4.78, 5) is 8.99. The predicted molar refractivity (Wildman–Crippen MR) is 88.4 cm³/mol. The molecule has 21 heavy (non-hydrogen) atoms. The van der Waals surface area contributed by atoms with Crippen LogP contribution in [0.5, 0.6) is 0 Å². The van der Waals surface area contributed by atoms with Gasteiger partial charge in [-0.05, 0) is 51.2 Å². The van der Waals surface area contributed by atoms with Gasteiger partial charge in [-0.2, -0.15) is 0 Å². The average Bonchev–Trinajstić information content (AvgIpc) is 2.46. The van der Waals surface area contributed by atoms with Gasteiger partial charge in [-0.3, -0.25) is 4.90 Å². The van der Waals surface area contributed by atoms with Gasteiger partial charge in [-0.25, -0.2) is 4.98 Å². The fraction of sp³-hybridized carbons (Fsp3) is 0.688. The van der Waals surface area contributed by atoms with Crippen molar-refractivity contribution in [1.82, 2.24) is 20.1 Å². The normalized spacial score (nSPS) is 22.3. The maximum absolute atomic E-state index is 5.81. The third-order valence-corrected chi connectivity index (χ3v) is 4.32. The third kappa shape index (κ3) is 4.66. The highest BCUT2D eigenvalue weighted by Crippen LogP contribution is 2.15. The summed E-state index contributed by atoms with van der Waals surface area (Å²) in [5.41, 5.74) is 7.07. The molecule has 2 atom stereocenters. The molecule has 0 bridgehead atoms. The van der Waals surface area contributed by atoms with E-state index in [4.69, 9.17) is 5.73 Å². The highest BCUT2D eigenvalue weighted by Gasteiger charge is 2.29. The summed E-state index contributed by atoms with van der Waals surface area (Å²) < 4.78 is 0. The van der Waals surface area contributed by atoms with E-state index in [-0.39, 0.29) is 0 Å². The Labute approximate surface area is 128 Å². The van der Waals surface area contributed by atoms with Crippen molar-refractivity contribution in [2.45, 2.75) is 31.8 Å². The van der Waals surface area contributed by atoms with E-state index in [1.807, 2.05) is 6.07 Å². The average molecular weight is 291 g/mol. The molecule has 1 fully saturated rings. The topological polar surface area (TPSA) is 57.4 Å². The van der Waals surface area contributed by atoms with E-state index in [1.54, 1.807) is 6.20 Å². The number of hydrogen-bond acceptors (Lipinski definition) is 5. The second kappa shape index (κ2) is 7.73. The minimum Gasteiger partial charge on any atom is -0.384 e. The van der Waals surface area contributed by atoms with Gasteiger partial charge in [0.25, 0.3) is 0 Å². The van der Waals surface area contributed by atoms with E-state index < -0.39 is 0 Å². The van der Waals surface area contributed by atoms with E-state index in [9.17, 15) is 0 Å². The molecule has 1 aromatic rings. The predicted octanol–water partition coefficient (Wildman–Crippen LogP) is 0.820. The highest BCUT2D eigenvalue weighted by molar-refractivity contribution is 5.32. The Morgan fingerprint density at radius 3 is 2.95 bits per heavy atom. The molecule has 0 spiro atoms. The molecule has 2 unspecified atom stereocenters. The number of piperazine rings is 1. The van der Waals surface area contributed by atoms with Gasteiger partial charge < -0.3 is 16.0 Å². The van der Waals surface area contributed by atoms with Crippen molar-refractivity contribution < 1.29 is 0 Å². The quantitative estimate of drug-likeness (QED) is 0.813. The fourth-order valence-electron chi connectivity index (χ4n) is 3.03. The molecular formula is C16H29N5. The molecule has 3 N–H and O–H groups in total. The monoisotopic (exact) mass is 291 g/mol. The van der Waals surface area contributed by atoms with Crippen molar-refractivity contribution in [2.75, 3.05) is 46.0 Å². The zero-order valence-corrected chi connectivity index (χ0v) is 13.5. The molecular weight excluding hydrogens is 262 g/mol. The Bertz CT molecular complexity index is 436. The van der Waals surface area contributed by atoms with E-state index in [0.29, 0.717) is 17.9 Å². The van der Waals surface area contributed by atoms with Crippen molar-refractivity contribution in [3.63, 3.8) is 0 Å². The summed E-state index contributed by atoms with van der Waals surface area (Å²) in [7, 11) is 4.44. The van der Waals surface area contributed by atoms with Gasteiger partial charge >= 0.3 is 0 Å². The van der Waals surface area contributed by atoms with Crippen LogP contribution in [0.25, 0.3) is 0 Å². The Hall–Kier alpha value is -1.17. The first-order valence-corrected chi connectivity index (χ1v) is 7.92. The second-order valence-corrected chi connectivity index (χ2v) is 6.16. The summed E-state index contributed by atoms with van der Waals surface area (Å²) in [5.74, 6) is 0.607. The smallest absolute Gasteiger partial charge is 0.123 e. The number of aromatic nitrogens is 1. The third-order valence-electron chi connectivity index (χ3n) is 4.32. The maximum Gasteiger partial charge on any atom is 0.123 e. The number of likely N-dealkylation sites (N-methyl/N-ethyl adjacent to an activating group) is 2. The van der Waals surface area contributed by atoms with Crippen LogP contribution in [-0.4, -0.2) is 67.1 Å². The molecule has 1 aliphatic heterocycles. The summed E-state index contributed by atoms with van der Waals surface area (Å²) in [6, 6.07) is 5.04. The van der Waals surface area contributed by atoms with E-state index in [1.165, 1.54) is 5.56 Å². The molecule has 1 saturated heterocycles. The Morgan fingerprint density at radius 1 is 1.43 bits per heavy atom. The van der Waals surface area contributed by atoms with Gasteiger partial charge in [-0.1, -0.05) is 6.92 Å². The zero-order valence-electron chi connectivity index (χ0n) is 13.5. The second-order valence-electron chi connectivity index (χ2n) is 6.16. The van der Waals surface area contributed by atoms with Crippen molar-refractivity contribution in [2.24, 2.45) is 0 Å². The lowest BCUT2D eigenvalue weighted by molar-refractivity contribution is 0.0876. The van der Waals surface area contributed by atoms with Crippen molar-refractivity contribution in [1.29, 1.82) is 0 Å². The van der Waals surface area contributed by atoms with Crippen LogP contribution < -0.4 is 11.1 Å². The van der Waals surface area contributed by atoms with Gasteiger partial charge in [0.15, 0.2) is 0 Å². The molecule has 0 aromatic carbocycles. The zero-order chi connectivity index (χ0) is 15.2. The number of nitrogens with two attached hydrogens (primary N) is 1. The van der Waals surface area contributed by atoms with Gasteiger partial charge in [0.05, 0.1) is 0 Å². The van der Waals surface area contributed by atoms with Gasteiger partial charge in [0.2, 0.25) is 0 Å². The molecule has 2 rings (SSSR count). The lowest BCUT2D eigenvalue weighted by Gasteiger charge is -2.42. The molecule has 2 heterocycles. The first-order chi connectivity index (χ1) is 10.1. The van der Waals surface area contributed by atoms with Crippen LogP contribution in [0.1, 0.15) is 18.9 Å². The SMILES string of the molecule is CCCNC(Cc1ccnc(N)c1)C1CN(C)CCN1C. The lowest BCUT2D eigenvalue weighted by Crippen LogP contribution is -2.59. The first-order valence-electron chi connectivity index (χ1n) is 7.92. The van der Waals surface area contributed by atoms with Crippen LogP contribution in [0.4, 0.5) is 5.82 Å². The van der Waals surface area contributed by atoms with E-state index in [0.717, 1.165) is 39.0 Å². The number of nitrogens with zero attached hydrogens (tertiary/aromatic N) is 3. The van der Waals surface area contributed by atoms with Crippen LogP contribution in [0.2, 0.25) is 0 Å². The molecule has 1 aliphatic rings. The lowest BCUT2D eigenvalue weighted by atomic mass is 9.96. The minimum absolute atomic E-state index is 0.444. The van der Waals surface area contributed by atoms with E-state index >= 15 is 0 Å². The van der Waals surface area contributed by atoms with E-state index in [2.05, 4.69) is 47.2 Å². The van der Waals surface area contributed by atoms with Gasteiger partial charge in [0.1, 0.15) is 5.82 Å². The largest absolute Gasteiger partial charge is 0.384 e. The summed E-state index contributed by atoms with van der Waals surface area (Å²) in [5, 5.41) is 3.73. The molecule has 0 radical (unpaired) electrons. The van der Waals surface area contributed by atoms with Crippen LogP contribution in [-0.2, 0) is 6.42 Å². The number of anilines is 1. The molecule has 118 valence electrons. The molecule has 5 nitrogen and oxygen atoms in total. The maximum atomic E-state index is 5.81. The molecule has 1 aromatic heterocycles. The minimum atomic E-state index is 0.444. The molecule has 0 amide bonds. The number of nitrogen functional groups attached to an aromatic ring is 1. The Morgan fingerprint density at radius 2 is 2.24 bits per heavy atom. The van der Waals surface area contributed by atoms with Crippen LogP contribution in [0, 0.1) is 0 Å². The number of rotatable bonds is 6. The number of pyridine rings is 1. The van der Waals surface area contributed by atoms with Crippen LogP contribution >= 0.6 is 0 Å². The standard InChI is InChI=1S/C16H29N5/c1-4-6-18-14(10-13-5-7-19-16(17)11-13)15-12-20(2)8-9-21(15)3/h5,7,11,14-15,18H,4,6,8-10,12H2,1-3H3,(H2,17,19). The number of hydrogen-bond donors (Lipinski definition) is 2. The van der Waals surface area contributed by atoms with Crippen molar-refractivity contribution in [3.8, 4) is 0 Å². The Balaban J connectivity index is 2.09. The number of nitrogens with one attached hydrogen (secondary N) is 1. The Kier molecular flexibility index (Phi) is 5.96. The summed E-state index contributed by atoms with van der Waals surface area (Å²) in [6.45, 7) is 6.66. The van der Waals surface area contributed by atoms with Gasteiger partial charge in [0, 0.05) is 37.9 Å². The summed E-state index contributed by atoms with van der Waals surface area (Å²) >= 11 is 0. The summed E-state index contributed by atoms with van der Waals surface area (Å²) in [6.07, 6.45) is 3.95. The van der Waals surface area contributed by atoms with Crippen LogP contribution in [0.3, 0.4) is 0 Å². The highest BCUT2D eigenvalue weighted by atomic mass is 15.3.